The van der Waals surface area contributed by atoms with Gasteiger partial charge in [-0.05, 0) is 18.6 Å². The number of rotatable bonds is 4. The molecule has 2 N–H and O–H groups in total. The fourth-order valence-corrected chi connectivity index (χ4v) is 2.40. The van der Waals surface area contributed by atoms with Crippen molar-refractivity contribution in [3.8, 4) is 11.5 Å². The van der Waals surface area contributed by atoms with E-state index >= 15 is 0 Å². The van der Waals surface area contributed by atoms with Gasteiger partial charge in [-0.15, -0.1) is 10.2 Å². The lowest BCUT2D eigenvalue weighted by molar-refractivity contribution is 0.583. The molecule has 0 bridgehead atoms. The average molecular weight is 272 g/mol. The Morgan fingerprint density at radius 2 is 2.05 bits per heavy atom. The van der Waals surface area contributed by atoms with Gasteiger partial charge in [0.25, 0.3) is 0 Å². The van der Waals surface area contributed by atoms with Gasteiger partial charge in [-0.1, -0.05) is 13.3 Å². The fraction of sp³-hybridized carbons (Fsp3) is 0.500. The van der Waals surface area contributed by atoms with Gasteiger partial charge in [0.2, 0.25) is 0 Å². The van der Waals surface area contributed by atoms with Gasteiger partial charge in [0.1, 0.15) is 5.69 Å². The summed E-state index contributed by atoms with van der Waals surface area (Å²) in [5.41, 5.74) is 1.95. The Kier molecular flexibility index (Phi) is 3.92. The number of hydrogen-bond donors (Lipinski definition) is 2. The molecule has 1 saturated heterocycles. The number of H-pyrrole nitrogens is 1. The van der Waals surface area contributed by atoms with E-state index in [-0.39, 0.29) is 0 Å². The largest absolute Gasteiger partial charge is 0.353 e. The van der Waals surface area contributed by atoms with Crippen LogP contribution in [0.2, 0.25) is 0 Å². The van der Waals surface area contributed by atoms with Gasteiger partial charge in [0.15, 0.2) is 11.6 Å². The SMILES string of the molecule is CCCc1cnc(-c2ccc(N3CCNCC3)nn2)[nH]1. The quantitative estimate of drug-likeness (QED) is 0.876. The summed E-state index contributed by atoms with van der Waals surface area (Å²) in [5.74, 6) is 1.74. The molecule has 3 rings (SSSR count). The van der Waals surface area contributed by atoms with Gasteiger partial charge in [-0.25, -0.2) is 4.98 Å². The van der Waals surface area contributed by atoms with E-state index in [0.717, 1.165) is 62.1 Å². The van der Waals surface area contributed by atoms with Gasteiger partial charge in [0, 0.05) is 38.1 Å². The Labute approximate surface area is 118 Å². The van der Waals surface area contributed by atoms with Crippen molar-refractivity contribution >= 4 is 5.82 Å². The number of aromatic amines is 1. The van der Waals surface area contributed by atoms with E-state index < -0.39 is 0 Å². The Hall–Kier alpha value is -1.95. The van der Waals surface area contributed by atoms with Crippen molar-refractivity contribution in [3.05, 3.63) is 24.0 Å². The second-order valence-corrected chi connectivity index (χ2v) is 5.02. The zero-order chi connectivity index (χ0) is 13.8. The highest BCUT2D eigenvalue weighted by atomic mass is 15.3. The van der Waals surface area contributed by atoms with Crippen LogP contribution in [0, 0.1) is 0 Å². The van der Waals surface area contributed by atoms with Crippen LogP contribution in [-0.2, 0) is 6.42 Å². The molecule has 6 nitrogen and oxygen atoms in total. The Bertz CT molecular complexity index is 541. The summed E-state index contributed by atoms with van der Waals surface area (Å²) < 4.78 is 0. The Balaban J connectivity index is 1.74. The van der Waals surface area contributed by atoms with Gasteiger partial charge < -0.3 is 15.2 Å². The maximum Gasteiger partial charge on any atom is 0.158 e. The number of nitrogens with one attached hydrogen (secondary N) is 2. The van der Waals surface area contributed by atoms with Crippen LogP contribution in [0.25, 0.3) is 11.5 Å². The second kappa shape index (κ2) is 6.00. The van der Waals surface area contributed by atoms with Gasteiger partial charge >= 0.3 is 0 Å². The number of aryl methyl sites for hydroxylation is 1. The van der Waals surface area contributed by atoms with E-state index in [4.69, 9.17) is 0 Å². The number of piperazine rings is 1. The molecule has 0 aromatic carbocycles. The van der Waals surface area contributed by atoms with Crippen LogP contribution < -0.4 is 10.2 Å². The Morgan fingerprint density at radius 3 is 2.75 bits per heavy atom. The first-order chi connectivity index (χ1) is 9.86. The average Bonchev–Trinajstić information content (AvgIpc) is 2.97. The van der Waals surface area contributed by atoms with Crippen molar-refractivity contribution in [2.75, 3.05) is 31.1 Å². The number of aromatic nitrogens is 4. The standard InChI is InChI=1S/C14H20N6/c1-2-3-11-10-16-14(17-11)12-4-5-13(19-18-12)20-8-6-15-7-9-20/h4-5,10,15H,2-3,6-9H2,1H3,(H,16,17). The molecule has 0 radical (unpaired) electrons. The number of nitrogens with zero attached hydrogens (tertiary/aromatic N) is 4. The lowest BCUT2D eigenvalue weighted by Gasteiger charge is -2.27. The number of hydrogen-bond acceptors (Lipinski definition) is 5. The predicted molar refractivity (Wildman–Crippen MR) is 78.7 cm³/mol. The summed E-state index contributed by atoms with van der Waals surface area (Å²) in [5, 5.41) is 11.9. The second-order valence-electron chi connectivity index (χ2n) is 5.02. The summed E-state index contributed by atoms with van der Waals surface area (Å²) in [6.07, 6.45) is 4.00. The molecule has 0 saturated carbocycles. The maximum atomic E-state index is 4.37. The topological polar surface area (TPSA) is 69.7 Å². The minimum absolute atomic E-state index is 0.797. The highest BCUT2D eigenvalue weighted by molar-refractivity contribution is 5.51. The highest BCUT2D eigenvalue weighted by Crippen LogP contribution is 2.16. The Morgan fingerprint density at radius 1 is 1.20 bits per heavy atom. The summed E-state index contributed by atoms with van der Waals surface area (Å²) in [7, 11) is 0. The van der Waals surface area contributed by atoms with Crippen LogP contribution in [0.3, 0.4) is 0 Å². The number of anilines is 1. The van der Waals surface area contributed by atoms with Crippen LogP contribution >= 0.6 is 0 Å². The zero-order valence-corrected chi connectivity index (χ0v) is 11.8. The van der Waals surface area contributed by atoms with Crippen molar-refractivity contribution < 1.29 is 0 Å². The van der Waals surface area contributed by atoms with Gasteiger partial charge in [-0.2, -0.15) is 0 Å². The molecule has 3 heterocycles. The molecular formula is C14H20N6. The minimum Gasteiger partial charge on any atom is -0.353 e. The third kappa shape index (κ3) is 2.80. The van der Waals surface area contributed by atoms with Crippen LogP contribution in [-0.4, -0.2) is 46.3 Å². The molecule has 1 fully saturated rings. The molecule has 6 heteroatoms. The first kappa shape index (κ1) is 13.1. The smallest absolute Gasteiger partial charge is 0.158 e. The third-order valence-corrected chi connectivity index (χ3v) is 3.48. The third-order valence-electron chi connectivity index (χ3n) is 3.48. The molecule has 1 aliphatic heterocycles. The van der Waals surface area contributed by atoms with Crippen molar-refractivity contribution in [3.63, 3.8) is 0 Å². The van der Waals surface area contributed by atoms with E-state index in [1.807, 2.05) is 18.3 Å². The highest BCUT2D eigenvalue weighted by Gasteiger charge is 2.13. The summed E-state index contributed by atoms with van der Waals surface area (Å²) >= 11 is 0. The predicted octanol–water partition coefficient (Wildman–Crippen LogP) is 1.23. The summed E-state index contributed by atoms with van der Waals surface area (Å²) in [6.45, 7) is 6.12. The normalized spacial score (nSPS) is 15.6. The fourth-order valence-electron chi connectivity index (χ4n) is 2.40. The zero-order valence-electron chi connectivity index (χ0n) is 11.8. The minimum atomic E-state index is 0.797. The first-order valence-corrected chi connectivity index (χ1v) is 7.20. The van der Waals surface area contributed by atoms with Crippen LogP contribution in [0.5, 0.6) is 0 Å². The van der Waals surface area contributed by atoms with E-state index in [0.29, 0.717) is 0 Å². The molecule has 0 unspecified atom stereocenters. The van der Waals surface area contributed by atoms with Crippen LogP contribution in [0.1, 0.15) is 19.0 Å². The molecular weight excluding hydrogens is 252 g/mol. The van der Waals surface area contributed by atoms with Crippen molar-refractivity contribution in [1.29, 1.82) is 0 Å². The molecule has 2 aromatic heterocycles. The molecule has 0 spiro atoms. The van der Waals surface area contributed by atoms with E-state index in [1.54, 1.807) is 0 Å². The van der Waals surface area contributed by atoms with Crippen molar-refractivity contribution in [2.24, 2.45) is 0 Å². The van der Waals surface area contributed by atoms with E-state index in [1.165, 1.54) is 0 Å². The van der Waals surface area contributed by atoms with Crippen molar-refractivity contribution in [1.82, 2.24) is 25.5 Å². The van der Waals surface area contributed by atoms with Crippen LogP contribution in [0.4, 0.5) is 5.82 Å². The molecule has 106 valence electrons. The molecule has 20 heavy (non-hydrogen) atoms. The molecule has 1 aliphatic rings. The van der Waals surface area contributed by atoms with Gasteiger partial charge in [-0.3, -0.25) is 0 Å². The number of imidazole rings is 1. The van der Waals surface area contributed by atoms with Gasteiger partial charge in [0.05, 0.1) is 0 Å². The molecule has 0 aliphatic carbocycles. The summed E-state index contributed by atoms with van der Waals surface area (Å²) in [6, 6.07) is 4.01. The lowest BCUT2D eigenvalue weighted by Crippen LogP contribution is -2.43. The lowest BCUT2D eigenvalue weighted by atomic mass is 10.3. The molecule has 0 atom stereocenters. The van der Waals surface area contributed by atoms with E-state index in [9.17, 15) is 0 Å². The molecule has 0 amide bonds. The van der Waals surface area contributed by atoms with Crippen molar-refractivity contribution in [2.45, 2.75) is 19.8 Å². The maximum absolute atomic E-state index is 4.37. The van der Waals surface area contributed by atoms with E-state index in [2.05, 4.69) is 37.3 Å². The summed E-state index contributed by atoms with van der Waals surface area (Å²) in [4.78, 5) is 9.91. The molecule has 2 aromatic rings. The van der Waals surface area contributed by atoms with Crippen LogP contribution in [0.15, 0.2) is 18.3 Å². The monoisotopic (exact) mass is 272 g/mol. The first-order valence-electron chi connectivity index (χ1n) is 7.20.